The van der Waals surface area contributed by atoms with Crippen LogP contribution < -0.4 is 4.72 Å². The summed E-state index contributed by atoms with van der Waals surface area (Å²) in [4.78, 5) is 0. The summed E-state index contributed by atoms with van der Waals surface area (Å²) in [5, 5.41) is 0.733. The molecule has 0 bridgehead atoms. The summed E-state index contributed by atoms with van der Waals surface area (Å²) >= 11 is 5.95. The molecule has 1 rings (SSSR count). The minimum Gasteiger partial charge on any atom is -0.215 e. The van der Waals surface area contributed by atoms with Crippen LogP contribution in [0.2, 0.25) is 5.02 Å². The maximum atomic E-state index is 10.8. The monoisotopic (exact) mass is 247 g/mol. The number of hydrogen-bond donors (Lipinski definition) is 1. The number of aryl methyl sites for hydroxylation is 1. The molecule has 84 valence electrons. The van der Waals surface area contributed by atoms with Crippen LogP contribution in [0, 0.1) is 0 Å². The van der Waals surface area contributed by atoms with Gasteiger partial charge in [-0.2, -0.15) is 0 Å². The van der Waals surface area contributed by atoms with Gasteiger partial charge < -0.3 is 0 Å². The normalized spacial score (nSPS) is 11.6. The Hall–Kier alpha value is -0.580. The summed E-state index contributed by atoms with van der Waals surface area (Å²) in [6.07, 6.45) is 2.68. The van der Waals surface area contributed by atoms with Crippen LogP contribution >= 0.6 is 11.6 Å². The van der Waals surface area contributed by atoms with E-state index in [1.54, 1.807) is 0 Å². The minimum atomic E-state index is -3.07. The molecular formula is C10H14ClNO2S. The highest BCUT2D eigenvalue weighted by Gasteiger charge is 2.01. The summed E-state index contributed by atoms with van der Waals surface area (Å²) in [7, 11) is -3.07. The van der Waals surface area contributed by atoms with Crippen molar-refractivity contribution in [3.05, 3.63) is 34.9 Å². The number of halogens is 1. The summed E-state index contributed by atoms with van der Waals surface area (Å²) < 4.78 is 24.0. The Morgan fingerprint density at radius 2 is 2.00 bits per heavy atom. The van der Waals surface area contributed by atoms with Crippen LogP contribution in [0.15, 0.2) is 24.3 Å². The average molecular weight is 248 g/mol. The molecule has 0 radical (unpaired) electrons. The van der Waals surface area contributed by atoms with Crippen LogP contribution in [-0.2, 0) is 16.4 Å². The van der Waals surface area contributed by atoms with E-state index in [2.05, 4.69) is 4.72 Å². The fourth-order valence-electron chi connectivity index (χ4n) is 1.24. The van der Waals surface area contributed by atoms with Crippen LogP contribution in [0.5, 0.6) is 0 Å². The molecule has 1 aromatic rings. The fourth-order valence-corrected chi connectivity index (χ4v) is 1.98. The van der Waals surface area contributed by atoms with E-state index in [9.17, 15) is 8.42 Å². The fraction of sp³-hybridized carbons (Fsp3) is 0.400. The highest BCUT2D eigenvalue weighted by atomic mass is 35.5. The predicted octanol–water partition coefficient (Wildman–Crippen LogP) is 1.82. The van der Waals surface area contributed by atoms with Crippen molar-refractivity contribution < 1.29 is 8.42 Å². The van der Waals surface area contributed by atoms with Crippen LogP contribution in [0.25, 0.3) is 0 Å². The van der Waals surface area contributed by atoms with E-state index in [1.807, 2.05) is 24.3 Å². The zero-order valence-electron chi connectivity index (χ0n) is 8.53. The maximum absolute atomic E-state index is 10.8. The lowest BCUT2D eigenvalue weighted by Gasteiger charge is -2.04. The first-order valence-electron chi connectivity index (χ1n) is 4.67. The van der Waals surface area contributed by atoms with Crippen molar-refractivity contribution in [3.63, 3.8) is 0 Å². The summed E-state index contributed by atoms with van der Waals surface area (Å²) in [5.74, 6) is 0. The molecule has 1 N–H and O–H groups in total. The Labute approximate surface area is 95.5 Å². The van der Waals surface area contributed by atoms with Gasteiger partial charge in [0.15, 0.2) is 0 Å². The molecule has 3 nitrogen and oxygen atoms in total. The topological polar surface area (TPSA) is 46.2 Å². The van der Waals surface area contributed by atoms with Gasteiger partial charge in [-0.1, -0.05) is 29.8 Å². The number of hydrogen-bond acceptors (Lipinski definition) is 2. The van der Waals surface area contributed by atoms with Crippen molar-refractivity contribution >= 4 is 21.6 Å². The molecule has 0 aliphatic heterocycles. The largest absolute Gasteiger partial charge is 0.215 e. The van der Waals surface area contributed by atoms with Crippen LogP contribution in [-0.4, -0.2) is 21.2 Å². The van der Waals surface area contributed by atoms with Gasteiger partial charge in [0.25, 0.3) is 0 Å². The van der Waals surface area contributed by atoms with Gasteiger partial charge in [0.2, 0.25) is 10.0 Å². The van der Waals surface area contributed by atoms with Crippen molar-refractivity contribution in [2.45, 2.75) is 12.8 Å². The zero-order chi connectivity index (χ0) is 11.3. The molecule has 0 fully saturated rings. The molecule has 0 aliphatic rings. The Bertz CT molecular complexity index is 417. The molecule has 5 heteroatoms. The van der Waals surface area contributed by atoms with Gasteiger partial charge >= 0.3 is 0 Å². The number of nitrogens with one attached hydrogen (secondary N) is 1. The van der Waals surface area contributed by atoms with E-state index < -0.39 is 10.0 Å². The summed E-state index contributed by atoms with van der Waals surface area (Å²) in [6.45, 7) is 0.448. The average Bonchev–Trinajstić information content (AvgIpc) is 2.13. The van der Waals surface area contributed by atoms with Crippen molar-refractivity contribution in [2.75, 3.05) is 12.8 Å². The van der Waals surface area contributed by atoms with Gasteiger partial charge in [-0.05, 0) is 24.5 Å². The molecule has 0 heterocycles. The number of sulfonamides is 1. The van der Waals surface area contributed by atoms with E-state index in [1.165, 1.54) is 0 Å². The van der Waals surface area contributed by atoms with E-state index in [0.717, 1.165) is 29.7 Å². The molecule has 0 spiro atoms. The lowest BCUT2D eigenvalue weighted by atomic mass is 10.1. The van der Waals surface area contributed by atoms with Gasteiger partial charge in [-0.25, -0.2) is 13.1 Å². The molecule has 0 unspecified atom stereocenters. The SMILES string of the molecule is CS(=O)(=O)NCCCc1ccccc1Cl. The smallest absolute Gasteiger partial charge is 0.208 e. The molecule has 1 aromatic carbocycles. The van der Waals surface area contributed by atoms with Gasteiger partial charge in [0, 0.05) is 11.6 Å². The van der Waals surface area contributed by atoms with Gasteiger partial charge in [-0.15, -0.1) is 0 Å². The lowest BCUT2D eigenvalue weighted by molar-refractivity contribution is 0.585. The third-order valence-corrected chi connectivity index (χ3v) is 3.04. The Morgan fingerprint density at radius 1 is 1.33 bits per heavy atom. The maximum Gasteiger partial charge on any atom is 0.208 e. The highest BCUT2D eigenvalue weighted by molar-refractivity contribution is 7.88. The summed E-state index contributed by atoms with van der Waals surface area (Å²) in [5.41, 5.74) is 1.05. The third-order valence-electron chi connectivity index (χ3n) is 1.94. The summed E-state index contributed by atoms with van der Waals surface area (Å²) in [6, 6.07) is 7.58. The van der Waals surface area contributed by atoms with Crippen molar-refractivity contribution in [1.29, 1.82) is 0 Å². The Balaban J connectivity index is 2.36. The van der Waals surface area contributed by atoms with Crippen molar-refractivity contribution in [2.24, 2.45) is 0 Å². The van der Waals surface area contributed by atoms with Crippen molar-refractivity contribution in [1.82, 2.24) is 4.72 Å². The van der Waals surface area contributed by atoms with Gasteiger partial charge in [0.1, 0.15) is 0 Å². The van der Waals surface area contributed by atoms with E-state index >= 15 is 0 Å². The van der Waals surface area contributed by atoms with Crippen LogP contribution in [0.3, 0.4) is 0 Å². The molecule has 0 aliphatic carbocycles. The zero-order valence-corrected chi connectivity index (χ0v) is 10.1. The molecule has 15 heavy (non-hydrogen) atoms. The first kappa shape index (κ1) is 12.5. The molecule has 0 atom stereocenters. The Morgan fingerprint density at radius 3 is 2.60 bits per heavy atom. The lowest BCUT2D eigenvalue weighted by Crippen LogP contribution is -2.23. The van der Waals surface area contributed by atoms with Crippen molar-refractivity contribution in [3.8, 4) is 0 Å². The Kier molecular flexibility index (Phi) is 4.57. The van der Waals surface area contributed by atoms with Crippen LogP contribution in [0.1, 0.15) is 12.0 Å². The molecular weight excluding hydrogens is 234 g/mol. The predicted molar refractivity (Wildman–Crippen MR) is 62.6 cm³/mol. The molecule has 0 saturated carbocycles. The highest BCUT2D eigenvalue weighted by Crippen LogP contribution is 2.16. The van der Waals surface area contributed by atoms with E-state index in [0.29, 0.717) is 6.54 Å². The second kappa shape index (κ2) is 5.49. The first-order valence-corrected chi connectivity index (χ1v) is 6.94. The number of benzene rings is 1. The quantitative estimate of drug-likeness (QED) is 0.807. The molecule has 0 aromatic heterocycles. The van der Waals surface area contributed by atoms with Gasteiger partial charge in [-0.3, -0.25) is 0 Å². The minimum absolute atomic E-state index is 0.448. The standard InChI is InChI=1S/C10H14ClNO2S/c1-15(13,14)12-8-4-6-9-5-2-3-7-10(9)11/h2-3,5,7,12H,4,6,8H2,1H3. The second-order valence-corrected chi connectivity index (χ2v) is 5.60. The first-order chi connectivity index (χ1) is 6.99. The second-order valence-electron chi connectivity index (χ2n) is 3.36. The number of rotatable bonds is 5. The van der Waals surface area contributed by atoms with Gasteiger partial charge in [0.05, 0.1) is 6.26 Å². The third kappa shape index (κ3) is 5.16. The molecule has 0 amide bonds. The van der Waals surface area contributed by atoms with E-state index in [-0.39, 0.29) is 0 Å². The van der Waals surface area contributed by atoms with Crippen LogP contribution in [0.4, 0.5) is 0 Å². The molecule has 0 saturated heterocycles. The van der Waals surface area contributed by atoms with E-state index in [4.69, 9.17) is 11.6 Å².